The number of methoxy groups -OCH3 is 4. The third-order valence-electron chi connectivity index (χ3n) is 5.83. The van der Waals surface area contributed by atoms with Gasteiger partial charge in [0.15, 0.2) is 12.6 Å². The molecule has 0 aromatic rings. The second-order valence-electron chi connectivity index (χ2n) is 7.18. The molecule has 150 valence electrons. The van der Waals surface area contributed by atoms with E-state index in [2.05, 4.69) is 5.32 Å². The van der Waals surface area contributed by atoms with Crippen molar-refractivity contribution in [3.05, 3.63) is 0 Å². The zero-order valence-corrected chi connectivity index (χ0v) is 16.8. The smallest absolute Gasteiger partial charge is 0.159 e. The van der Waals surface area contributed by atoms with Crippen LogP contribution >= 0.6 is 0 Å². The molecule has 0 aliphatic heterocycles. The zero-order chi connectivity index (χ0) is 18.7. The van der Waals surface area contributed by atoms with Crippen LogP contribution < -0.4 is 11.1 Å². The van der Waals surface area contributed by atoms with Crippen molar-refractivity contribution in [1.82, 2.24) is 5.32 Å². The highest BCUT2D eigenvalue weighted by Gasteiger charge is 2.34. The lowest BCUT2D eigenvalue weighted by Crippen LogP contribution is -2.32. The van der Waals surface area contributed by atoms with E-state index >= 15 is 0 Å². The zero-order valence-electron chi connectivity index (χ0n) is 16.8. The van der Waals surface area contributed by atoms with Crippen LogP contribution in [0.4, 0.5) is 0 Å². The van der Waals surface area contributed by atoms with E-state index in [0.717, 1.165) is 19.0 Å². The molecule has 0 saturated heterocycles. The lowest BCUT2D eigenvalue weighted by Gasteiger charge is -2.26. The van der Waals surface area contributed by atoms with Gasteiger partial charge in [-0.2, -0.15) is 0 Å². The molecule has 3 N–H and O–H groups in total. The Morgan fingerprint density at radius 3 is 1.64 bits per heavy atom. The summed E-state index contributed by atoms with van der Waals surface area (Å²) in [5, 5.41) is 3.23. The van der Waals surface area contributed by atoms with Gasteiger partial charge in [-0.3, -0.25) is 0 Å². The van der Waals surface area contributed by atoms with Gasteiger partial charge in [-0.25, -0.2) is 0 Å². The number of hydrogen-bond acceptors (Lipinski definition) is 6. The van der Waals surface area contributed by atoms with Crippen molar-refractivity contribution in [3.8, 4) is 0 Å². The molecular weight excluding hydrogens is 320 g/mol. The highest BCUT2D eigenvalue weighted by Crippen LogP contribution is 2.35. The molecule has 0 unspecified atom stereocenters. The van der Waals surface area contributed by atoms with Crippen LogP contribution in [-0.2, 0) is 18.9 Å². The molecule has 6 heteroatoms. The fourth-order valence-electron chi connectivity index (χ4n) is 4.55. The minimum Gasteiger partial charge on any atom is -0.356 e. The average Bonchev–Trinajstić information content (AvgIpc) is 3.28. The van der Waals surface area contributed by atoms with Crippen molar-refractivity contribution in [2.45, 2.75) is 51.1 Å². The topological polar surface area (TPSA) is 75.0 Å². The lowest BCUT2D eigenvalue weighted by molar-refractivity contribution is -0.144. The van der Waals surface area contributed by atoms with Gasteiger partial charge in [0, 0.05) is 40.3 Å². The van der Waals surface area contributed by atoms with Crippen LogP contribution in [0.1, 0.15) is 38.5 Å². The van der Waals surface area contributed by atoms with Crippen molar-refractivity contribution >= 4 is 0 Å². The molecule has 25 heavy (non-hydrogen) atoms. The van der Waals surface area contributed by atoms with Crippen LogP contribution in [0, 0.1) is 23.7 Å². The summed E-state index contributed by atoms with van der Waals surface area (Å²) >= 11 is 0. The third kappa shape index (κ3) is 6.77. The highest BCUT2D eigenvalue weighted by molar-refractivity contribution is 4.81. The first kappa shape index (κ1) is 22.8. The molecule has 0 aromatic carbocycles. The second-order valence-corrected chi connectivity index (χ2v) is 7.18. The van der Waals surface area contributed by atoms with Gasteiger partial charge in [-0.05, 0) is 57.7 Å². The van der Waals surface area contributed by atoms with Crippen LogP contribution in [0.3, 0.4) is 0 Å². The maximum Gasteiger partial charge on any atom is 0.159 e. The van der Waals surface area contributed by atoms with Crippen molar-refractivity contribution in [2.24, 2.45) is 29.4 Å². The van der Waals surface area contributed by atoms with Crippen molar-refractivity contribution in [1.29, 1.82) is 0 Å². The number of hydrogen-bond donors (Lipinski definition) is 2. The molecule has 0 bridgehead atoms. The Balaban J connectivity index is 0.000000251. The molecule has 6 nitrogen and oxygen atoms in total. The summed E-state index contributed by atoms with van der Waals surface area (Å²) in [5.41, 5.74) is 5.66. The Labute approximate surface area is 154 Å². The Hall–Kier alpha value is -0.240. The minimum atomic E-state index is -0.0546. The largest absolute Gasteiger partial charge is 0.356 e. The van der Waals surface area contributed by atoms with E-state index < -0.39 is 0 Å². The van der Waals surface area contributed by atoms with Crippen LogP contribution in [0.15, 0.2) is 0 Å². The van der Waals surface area contributed by atoms with Crippen LogP contribution in [-0.4, -0.2) is 61.2 Å². The molecule has 0 aromatic heterocycles. The van der Waals surface area contributed by atoms with E-state index in [9.17, 15) is 0 Å². The number of nitrogens with one attached hydrogen (secondary N) is 1. The van der Waals surface area contributed by atoms with Gasteiger partial charge in [0.2, 0.25) is 0 Å². The van der Waals surface area contributed by atoms with E-state index in [4.69, 9.17) is 24.7 Å². The quantitative estimate of drug-likeness (QED) is 0.614. The minimum absolute atomic E-state index is 0.0131. The molecule has 2 aliphatic rings. The maximum absolute atomic E-state index is 5.66. The number of nitrogens with two attached hydrogens (primary N) is 1. The fourth-order valence-corrected chi connectivity index (χ4v) is 4.55. The SMILES string of the molecule is CNC[C@@H]1CCC[C@H]1C(OC)OC.COC(OC)[C@@H]1CCC[C@H]1CN. The van der Waals surface area contributed by atoms with Gasteiger partial charge >= 0.3 is 0 Å². The molecule has 2 aliphatic carbocycles. The van der Waals surface area contributed by atoms with E-state index in [1.165, 1.54) is 38.5 Å². The summed E-state index contributed by atoms with van der Waals surface area (Å²) in [4.78, 5) is 0. The average molecular weight is 361 g/mol. The Morgan fingerprint density at radius 1 is 0.800 bits per heavy atom. The normalized spacial score (nSPS) is 29.3. The van der Waals surface area contributed by atoms with Gasteiger partial charge in [-0.1, -0.05) is 12.8 Å². The molecule has 2 saturated carbocycles. The second kappa shape index (κ2) is 13.0. The van der Waals surface area contributed by atoms with Crippen molar-refractivity contribution in [2.75, 3.05) is 48.6 Å². The van der Waals surface area contributed by atoms with E-state index in [-0.39, 0.29) is 12.6 Å². The summed E-state index contributed by atoms with van der Waals surface area (Å²) in [5.74, 6) is 2.39. The van der Waals surface area contributed by atoms with Crippen molar-refractivity contribution < 1.29 is 18.9 Å². The van der Waals surface area contributed by atoms with Gasteiger partial charge in [0.05, 0.1) is 0 Å². The Kier molecular flexibility index (Phi) is 11.9. The third-order valence-corrected chi connectivity index (χ3v) is 5.83. The monoisotopic (exact) mass is 360 g/mol. The highest BCUT2D eigenvalue weighted by atomic mass is 16.7. The van der Waals surface area contributed by atoms with Gasteiger partial charge in [0.1, 0.15) is 0 Å². The molecule has 4 atom stereocenters. The molecule has 0 radical (unpaired) electrons. The summed E-state index contributed by atoms with van der Waals surface area (Å²) in [6.07, 6.45) is 7.45. The van der Waals surface area contributed by atoms with E-state index in [0.29, 0.717) is 17.8 Å². The van der Waals surface area contributed by atoms with E-state index in [1.54, 1.807) is 28.4 Å². The summed E-state index contributed by atoms with van der Waals surface area (Å²) < 4.78 is 21.1. The summed E-state index contributed by atoms with van der Waals surface area (Å²) in [6, 6.07) is 0. The first-order chi connectivity index (χ1) is 12.2. The lowest BCUT2D eigenvalue weighted by atomic mass is 9.95. The predicted octanol–water partition coefficient (Wildman–Crippen LogP) is 2.22. The van der Waals surface area contributed by atoms with Crippen LogP contribution in [0.5, 0.6) is 0 Å². The number of rotatable bonds is 9. The first-order valence-corrected chi connectivity index (χ1v) is 9.62. The van der Waals surface area contributed by atoms with E-state index in [1.807, 2.05) is 7.05 Å². The summed E-state index contributed by atoms with van der Waals surface area (Å²) in [7, 11) is 8.84. The molecule has 0 heterocycles. The first-order valence-electron chi connectivity index (χ1n) is 9.62. The van der Waals surface area contributed by atoms with Crippen LogP contribution in [0.2, 0.25) is 0 Å². The maximum atomic E-state index is 5.66. The fraction of sp³-hybridized carbons (Fsp3) is 1.00. The predicted molar refractivity (Wildman–Crippen MR) is 100 cm³/mol. The van der Waals surface area contributed by atoms with Gasteiger partial charge in [0.25, 0.3) is 0 Å². The summed E-state index contributed by atoms with van der Waals surface area (Å²) in [6.45, 7) is 1.84. The number of ether oxygens (including phenoxy) is 4. The molecule has 0 amide bonds. The molecule has 2 rings (SSSR count). The molecule has 2 fully saturated rings. The van der Waals surface area contributed by atoms with Crippen molar-refractivity contribution in [3.63, 3.8) is 0 Å². The molecule has 0 spiro atoms. The van der Waals surface area contributed by atoms with Gasteiger partial charge < -0.3 is 30.0 Å². The standard InChI is InChI=1S/C10H21NO2.C9H19NO2/c1-11-7-8-5-4-6-9(8)10(12-2)13-3;1-11-9(12-2)8-5-3-4-7(8)6-10/h8-11H,4-7H2,1-3H3;7-9H,3-6,10H2,1-2H3/t8-,9+;7-,8+/m00/s1. The van der Waals surface area contributed by atoms with Gasteiger partial charge in [-0.15, -0.1) is 0 Å². The molecular formula is C19H40N2O4. The van der Waals surface area contributed by atoms with Crippen LogP contribution in [0.25, 0.3) is 0 Å². The Bertz CT molecular complexity index is 325. The Morgan fingerprint density at radius 2 is 1.24 bits per heavy atom.